The number of methoxy groups -OCH3 is 1. The largest absolute Gasteiger partial charge is 0.490 e. The van der Waals surface area contributed by atoms with Gasteiger partial charge in [0.1, 0.15) is 0 Å². The molecule has 8 nitrogen and oxygen atoms in total. The van der Waals surface area contributed by atoms with Crippen LogP contribution in [0.3, 0.4) is 0 Å². The number of nitro benzene ring substituents is 1. The highest BCUT2D eigenvalue weighted by Gasteiger charge is 2.18. The number of nitro groups is 1. The Hall–Kier alpha value is -3.10. The van der Waals surface area contributed by atoms with Gasteiger partial charge in [-0.1, -0.05) is 29.3 Å². The van der Waals surface area contributed by atoms with E-state index in [4.69, 9.17) is 27.9 Å². The number of carbonyl (C=O) groups excluding carboxylic acids is 1. The zero-order valence-corrected chi connectivity index (χ0v) is 16.1. The van der Waals surface area contributed by atoms with E-state index in [0.717, 1.165) is 11.6 Å². The fraction of sp³-hybridized carbons (Fsp3) is 0.111. The van der Waals surface area contributed by atoms with Gasteiger partial charge in [-0.2, -0.15) is 5.10 Å². The Morgan fingerprint density at radius 1 is 1.25 bits per heavy atom. The molecule has 10 heteroatoms. The SMILES string of the molecule is COc1ccc(C(=O)Nc2ccn(Cc3ccc(Cl)cc3Cl)n2)cc1[N+](=O)[O-]. The smallest absolute Gasteiger partial charge is 0.311 e. The summed E-state index contributed by atoms with van der Waals surface area (Å²) in [5.41, 5.74) is 0.638. The Bertz CT molecular complexity index is 1050. The van der Waals surface area contributed by atoms with Crippen LogP contribution in [0.1, 0.15) is 15.9 Å². The Balaban J connectivity index is 1.73. The van der Waals surface area contributed by atoms with Crippen molar-refractivity contribution >= 4 is 40.6 Å². The summed E-state index contributed by atoms with van der Waals surface area (Å²) in [7, 11) is 1.32. The van der Waals surface area contributed by atoms with E-state index in [9.17, 15) is 14.9 Å². The summed E-state index contributed by atoms with van der Waals surface area (Å²) in [6, 6.07) is 10.7. The molecule has 2 aromatic carbocycles. The molecule has 0 bridgehead atoms. The number of benzene rings is 2. The number of hydrogen-bond acceptors (Lipinski definition) is 5. The van der Waals surface area contributed by atoms with Crippen molar-refractivity contribution in [3.05, 3.63) is 79.9 Å². The predicted octanol–water partition coefficient (Wildman–Crippen LogP) is 4.41. The normalized spacial score (nSPS) is 10.5. The minimum Gasteiger partial charge on any atom is -0.490 e. The van der Waals surface area contributed by atoms with Gasteiger partial charge >= 0.3 is 5.69 Å². The summed E-state index contributed by atoms with van der Waals surface area (Å²) < 4.78 is 6.53. The number of anilines is 1. The Morgan fingerprint density at radius 3 is 2.71 bits per heavy atom. The fourth-order valence-corrected chi connectivity index (χ4v) is 2.97. The van der Waals surface area contributed by atoms with Crippen molar-refractivity contribution in [1.82, 2.24) is 9.78 Å². The van der Waals surface area contributed by atoms with Crippen LogP contribution in [0.2, 0.25) is 10.0 Å². The predicted molar refractivity (Wildman–Crippen MR) is 105 cm³/mol. The first-order valence-corrected chi connectivity index (χ1v) is 8.74. The van der Waals surface area contributed by atoms with Crippen LogP contribution >= 0.6 is 23.2 Å². The van der Waals surface area contributed by atoms with Crippen LogP contribution in [0, 0.1) is 10.1 Å². The number of hydrogen-bond donors (Lipinski definition) is 1. The van der Waals surface area contributed by atoms with Crippen molar-refractivity contribution in [3.8, 4) is 5.75 Å². The van der Waals surface area contributed by atoms with Crippen LogP contribution in [0.4, 0.5) is 11.5 Å². The topological polar surface area (TPSA) is 99.3 Å². The van der Waals surface area contributed by atoms with Gasteiger partial charge < -0.3 is 10.1 Å². The van der Waals surface area contributed by atoms with Crippen molar-refractivity contribution in [1.29, 1.82) is 0 Å². The van der Waals surface area contributed by atoms with Gasteiger partial charge in [0.05, 0.1) is 18.6 Å². The second-order valence-corrected chi connectivity index (χ2v) is 6.58. The maximum Gasteiger partial charge on any atom is 0.311 e. The lowest BCUT2D eigenvalue weighted by molar-refractivity contribution is -0.385. The van der Waals surface area contributed by atoms with E-state index in [0.29, 0.717) is 22.4 Å². The minimum atomic E-state index is -0.611. The first-order valence-electron chi connectivity index (χ1n) is 7.98. The number of nitrogens with zero attached hydrogens (tertiary/aromatic N) is 3. The number of halogens is 2. The molecule has 0 saturated carbocycles. The molecule has 0 unspecified atom stereocenters. The molecule has 1 amide bonds. The standard InChI is InChI=1S/C18H14Cl2N4O4/c1-28-16-5-3-11(8-15(16)24(26)27)18(25)21-17-6-7-23(22-17)10-12-2-4-13(19)9-14(12)20/h2-9H,10H2,1H3,(H,21,22,25). The maximum absolute atomic E-state index is 12.4. The molecule has 3 aromatic rings. The van der Waals surface area contributed by atoms with Crippen molar-refractivity contribution in [2.45, 2.75) is 6.54 Å². The average molecular weight is 421 g/mol. The minimum absolute atomic E-state index is 0.0747. The quantitative estimate of drug-likeness (QED) is 0.470. The molecule has 0 aliphatic heterocycles. The first-order chi connectivity index (χ1) is 13.4. The van der Waals surface area contributed by atoms with Gasteiger partial charge in [0, 0.05) is 33.9 Å². The summed E-state index contributed by atoms with van der Waals surface area (Å²) >= 11 is 12.0. The summed E-state index contributed by atoms with van der Waals surface area (Å²) in [5, 5.41) is 19.0. The van der Waals surface area contributed by atoms with Gasteiger partial charge in [-0.25, -0.2) is 0 Å². The first kappa shape index (κ1) is 19.7. The molecule has 3 rings (SSSR count). The zero-order valence-electron chi connectivity index (χ0n) is 14.6. The molecule has 28 heavy (non-hydrogen) atoms. The molecule has 0 aliphatic carbocycles. The number of carbonyl (C=O) groups is 1. The number of aromatic nitrogens is 2. The van der Waals surface area contributed by atoms with E-state index < -0.39 is 10.8 Å². The van der Waals surface area contributed by atoms with E-state index in [-0.39, 0.29) is 17.0 Å². The van der Waals surface area contributed by atoms with Gasteiger partial charge in [-0.05, 0) is 29.8 Å². The molecular formula is C18H14Cl2N4O4. The Morgan fingerprint density at radius 2 is 2.04 bits per heavy atom. The van der Waals surface area contributed by atoms with Crippen molar-refractivity contribution in [2.75, 3.05) is 12.4 Å². The number of nitrogens with one attached hydrogen (secondary N) is 1. The third kappa shape index (κ3) is 4.41. The van der Waals surface area contributed by atoms with Gasteiger partial charge in [0.15, 0.2) is 11.6 Å². The van der Waals surface area contributed by atoms with E-state index >= 15 is 0 Å². The highest BCUT2D eigenvalue weighted by Crippen LogP contribution is 2.28. The molecule has 0 spiro atoms. The second-order valence-electron chi connectivity index (χ2n) is 5.73. The van der Waals surface area contributed by atoms with Crippen LogP contribution in [-0.2, 0) is 6.54 Å². The maximum atomic E-state index is 12.4. The molecule has 0 radical (unpaired) electrons. The number of amides is 1. The van der Waals surface area contributed by atoms with Crippen LogP contribution < -0.4 is 10.1 Å². The highest BCUT2D eigenvalue weighted by atomic mass is 35.5. The summed E-state index contributed by atoms with van der Waals surface area (Å²) in [6.45, 7) is 0.389. The lowest BCUT2D eigenvalue weighted by Gasteiger charge is -2.06. The molecule has 0 saturated heterocycles. The molecule has 1 N–H and O–H groups in total. The van der Waals surface area contributed by atoms with Crippen LogP contribution in [0.25, 0.3) is 0 Å². The molecule has 0 aliphatic rings. The Labute approximate surface area is 169 Å². The second kappa shape index (κ2) is 8.28. The lowest BCUT2D eigenvalue weighted by Crippen LogP contribution is -2.13. The average Bonchev–Trinajstić information content (AvgIpc) is 3.10. The van der Waals surface area contributed by atoms with Gasteiger partial charge in [0.25, 0.3) is 5.91 Å². The van der Waals surface area contributed by atoms with Crippen LogP contribution in [0.15, 0.2) is 48.7 Å². The number of rotatable bonds is 6. The zero-order chi connectivity index (χ0) is 20.3. The highest BCUT2D eigenvalue weighted by molar-refractivity contribution is 6.35. The molecule has 1 aromatic heterocycles. The van der Waals surface area contributed by atoms with Crippen molar-refractivity contribution in [3.63, 3.8) is 0 Å². The van der Waals surface area contributed by atoms with Gasteiger partial charge in [-0.15, -0.1) is 0 Å². The Kier molecular flexibility index (Phi) is 5.81. The molecule has 144 valence electrons. The molecular weight excluding hydrogens is 407 g/mol. The van der Waals surface area contributed by atoms with E-state index in [2.05, 4.69) is 10.4 Å². The summed E-state index contributed by atoms with van der Waals surface area (Å²) in [5.74, 6) is -0.153. The monoisotopic (exact) mass is 420 g/mol. The third-order valence-electron chi connectivity index (χ3n) is 3.87. The van der Waals surface area contributed by atoms with Gasteiger partial charge in [-0.3, -0.25) is 19.6 Å². The summed E-state index contributed by atoms with van der Waals surface area (Å²) in [4.78, 5) is 22.9. The van der Waals surface area contributed by atoms with Crippen molar-refractivity contribution < 1.29 is 14.5 Å². The van der Waals surface area contributed by atoms with Crippen molar-refractivity contribution in [2.24, 2.45) is 0 Å². The molecule has 0 atom stereocenters. The van der Waals surface area contributed by atoms with Gasteiger partial charge in [0.2, 0.25) is 0 Å². The van der Waals surface area contributed by atoms with E-state index in [1.165, 1.54) is 19.2 Å². The van der Waals surface area contributed by atoms with Crippen LogP contribution in [-0.4, -0.2) is 27.7 Å². The van der Waals surface area contributed by atoms with Crippen LogP contribution in [0.5, 0.6) is 5.75 Å². The number of ether oxygens (including phenoxy) is 1. The van der Waals surface area contributed by atoms with E-state index in [1.54, 1.807) is 35.1 Å². The third-order valence-corrected chi connectivity index (χ3v) is 4.45. The van der Waals surface area contributed by atoms with E-state index in [1.807, 2.05) is 0 Å². The lowest BCUT2D eigenvalue weighted by atomic mass is 10.1. The fourth-order valence-electron chi connectivity index (χ4n) is 2.50. The molecule has 0 fully saturated rings. The summed E-state index contributed by atoms with van der Waals surface area (Å²) in [6.07, 6.45) is 1.68. The molecule has 1 heterocycles.